The third-order valence-corrected chi connectivity index (χ3v) is 3.66. The van der Waals surface area contributed by atoms with Crippen molar-refractivity contribution in [1.29, 1.82) is 0 Å². The van der Waals surface area contributed by atoms with Gasteiger partial charge in [0, 0.05) is 31.8 Å². The fourth-order valence-corrected chi connectivity index (χ4v) is 1.44. The van der Waals surface area contributed by atoms with Crippen LogP contribution in [0.4, 0.5) is 0 Å². The van der Waals surface area contributed by atoms with Crippen LogP contribution in [0.1, 0.15) is 41.5 Å². The third-order valence-electron chi connectivity index (χ3n) is 3.66. The molecule has 0 fully saturated rings. The maximum absolute atomic E-state index is 6.23. The van der Waals surface area contributed by atoms with Crippen molar-refractivity contribution in [2.75, 3.05) is 26.8 Å². The van der Waals surface area contributed by atoms with E-state index < -0.39 is 0 Å². The second kappa shape index (κ2) is 5.99. The summed E-state index contributed by atoms with van der Waals surface area (Å²) in [4.78, 5) is 2.43. The quantitative estimate of drug-likeness (QED) is 0.728. The Morgan fingerprint density at radius 1 is 1.19 bits per heavy atom. The molecule has 0 saturated carbocycles. The molecule has 0 saturated heterocycles. The first-order valence-electron chi connectivity index (χ1n) is 6.13. The zero-order chi connectivity index (χ0) is 13.0. The van der Waals surface area contributed by atoms with Gasteiger partial charge in [0.15, 0.2) is 0 Å². The van der Waals surface area contributed by atoms with Crippen LogP contribution in [0.25, 0.3) is 0 Å². The van der Waals surface area contributed by atoms with E-state index >= 15 is 0 Å². The van der Waals surface area contributed by atoms with E-state index in [0.717, 1.165) is 19.7 Å². The minimum absolute atomic E-state index is 0.0883. The molecule has 0 radical (unpaired) electrons. The highest BCUT2D eigenvalue weighted by molar-refractivity contribution is 4.92. The van der Waals surface area contributed by atoms with Gasteiger partial charge in [-0.05, 0) is 33.1 Å². The fraction of sp³-hybridized carbons (Fsp3) is 1.00. The van der Waals surface area contributed by atoms with Crippen molar-refractivity contribution in [3.05, 3.63) is 0 Å². The molecule has 0 heterocycles. The van der Waals surface area contributed by atoms with Gasteiger partial charge in [0.25, 0.3) is 0 Å². The molecule has 0 aliphatic rings. The average molecular weight is 230 g/mol. The highest BCUT2D eigenvalue weighted by Crippen LogP contribution is 2.29. The molecular formula is C13H30N2O. The lowest BCUT2D eigenvalue weighted by Crippen LogP contribution is -2.54. The number of ether oxygens (including phenoxy) is 1. The zero-order valence-corrected chi connectivity index (χ0v) is 12.1. The Morgan fingerprint density at radius 2 is 1.69 bits per heavy atom. The molecule has 2 N–H and O–H groups in total. The van der Waals surface area contributed by atoms with Gasteiger partial charge in [0.1, 0.15) is 0 Å². The van der Waals surface area contributed by atoms with E-state index in [2.05, 4.69) is 46.4 Å². The molecule has 3 nitrogen and oxygen atoms in total. The van der Waals surface area contributed by atoms with Crippen molar-refractivity contribution in [2.24, 2.45) is 11.1 Å². The second-order valence-corrected chi connectivity index (χ2v) is 6.16. The van der Waals surface area contributed by atoms with Gasteiger partial charge >= 0.3 is 0 Å². The SMILES string of the molecule is COCCN(CC(C)(C)C(C)(C)N)C(C)C. The van der Waals surface area contributed by atoms with Gasteiger partial charge in [-0.1, -0.05) is 13.8 Å². The van der Waals surface area contributed by atoms with Crippen LogP contribution >= 0.6 is 0 Å². The smallest absolute Gasteiger partial charge is 0.0589 e. The minimum atomic E-state index is -0.173. The molecule has 0 atom stereocenters. The van der Waals surface area contributed by atoms with Gasteiger partial charge < -0.3 is 10.5 Å². The summed E-state index contributed by atoms with van der Waals surface area (Å²) in [5, 5.41) is 0. The van der Waals surface area contributed by atoms with Crippen molar-refractivity contribution in [2.45, 2.75) is 53.1 Å². The van der Waals surface area contributed by atoms with Crippen LogP contribution in [-0.2, 0) is 4.74 Å². The van der Waals surface area contributed by atoms with Crippen molar-refractivity contribution in [3.8, 4) is 0 Å². The lowest BCUT2D eigenvalue weighted by atomic mass is 9.74. The molecule has 16 heavy (non-hydrogen) atoms. The molecule has 0 rings (SSSR count). The molecule has 0 aromatic rings. The molecule has 0 aliphatic heterocycles. The van der Waals surface area contributed by atoms with Crippen LogP contribution in [0, 0.1) is 5.41 Å². The topological polar surface area (TPSA) is 38.5 Å². The summed E-state index contributed by atoms with van der Waals surface area (Å²) in [5.41, 5.74) is 6.15. The van der Waals surface area contributed by atoms with Crippen molar-refractivity contribution in [3.63, 3.8) is 0 Å². The summed E-state index contributed by atoms with van der Waals surface area (Å²) in [6.07, 6.45) is 0. The summed E-state index contributed by atoms with van der Waals surface area (Å²) < 4.78 is 5.15. The third kappa shape index (κ3) is 4.81. The first-order chi connectivity index (χ1) is 7.12. The highest BCUT2D eigenvalue weighted by atomic mass is 16.5. The Morgan fingerprint density at radius 3 is 2.00 bits per heavy atom. The first-order valence-corrected chi connectivity index (χ1v) is 6.13. The highest BCUT2D eigenvalue weighted by Gasteiger charge is 2.35. The average Bonchev–Trinajstić information content (AvgIpc) is 2.09. The standard InChI is InChI=1S/C13H30N2O/c1-11(2)15(8-9-16-7)10-12(3,4)13(5,6)14/h11H,8-10,14H2,1-7H3. The van der Waals surface area contributed by atoms with Crippen LogP contribution in [0.2, 0.25) is 0 Å². The lowest BCUT2D eigenvalue weighted by molar-refractivity contribution is 0.0675. The van der Waals surface area contributed by atoms with E-state index in [4.69, 9.17) is 10.5 Å². The Kier molecular flexibility index (Phi) is 5.94. The number of methoxy groups -OCH3 is 1. The van der Waals surface area contributed by atoms with Gasteiger partial charge in [-0.3, -0.25) is 4.90 Å². The fourth-order valence-electron chi connectivity index (χ4n) is 1.44. The van der Waals surface area contributed by atoms with E-state index in [1.54, 1.807) is 7.11 Å². The summed E-state index contributed by atoms with van der Waals surface area (Å²) in [6, 6.07) is 0.525. The predicted molar refractivity (Wildman–Crippen MR) is 70.6 cm³/mol. The maximum atomic E-state index is 6.23. The van der Waals surface area contributed by atoms with Gasteiger partial charge in [-0.25, -0.2) is 0 Å². The van der Waals surface area contributed by atoms with Crippen LogP contribution in [-0.4, -0.2) is 43.3 Å². The largest absolute Gasteiger partial charge is 0.383 e. The summed E-state index contributed by atoms with van der Waals surface area (Å²) in [7, 11) is 1.75. The second-order valence-electron chi connectivity index (χ2n) is 6.16. The molecule has 0 aromatic heterocycles. The molecule has 0 aliphatic carbocycles. The normalized spacial score (nSPS) is 13.9. The zero-order valence-electron chi connectivity index (χ0n) is 12.1. The van der Waals surface area contributed by atoms with E-state index in [9.17, 15) is 0 Å². The Labute approximate surface area is 101 Å². The molecular weight excluding hydrogens is 200 g/mol. The number of nitrogens with two attached hydrogens (primary N) is 1. The molecule has 3 heteroatoms. The van der Waals surface area contributed by atoms with Crippen molar-refractivity contribution >= 4 is 0 Å². The number of rotatable bonds is 7. The molecule has 0 amide bonds. The van der Waals surface area contributed by atoms with Gasteiger partial charge in [-0.2, -0.15) is 0 Å². The summed E-state index contributed by atoms with van der Waals surface area (Å²) in [6.45, 7) is 15.8. The van der Waals surface area contributed by atoms with Crippen LogP contribution in [0.15, 0.2) is 0 Å². The Hall–Kier alpha value is -0.120. The van der Waals surface area contributed by atoms with Gasteiger partial charge in [0.2, 0.25) is 0 Å². The van der Waals surface area contributed by atoms with Crippen LogP contribution in [0.3, 0.4) is 0 Å². The lowest BCUT2D eigenvalue weighted by Gasteiger charge is -2.43. The van der Waals surface area contributed by atoms with Gasteiger partial charge in [-0.15, -0.1) is 0 Å². The minimum Gasteiger partial charge on any atom is -0.383 e. The maximum Gasteiger partial charge on any atom is 0.0589 e. The molecule has 0 unspecified atom stereocenters. The summed E-state index contributed by atoms with van der Waals surface area (Å²) >= 11 is 0. The molecule has 98 valence electrons. The molecule has 0 spiro atoms. The van der Waals surface area contributed by atoms with Gasteiger partial charge in [0.05, 0.1) is 6.61 Å². The monoisotopic (exact) mass is 230 g/mol. The van der Waals surface area contributed by atoms with E-state index in [-0.39, 0.29) is 11.0 Å². The molecule has 0 aromatic carbocycles. The first kappa shape index (κ1) is 15.9. The number of hydrogen-bond acceptors (Lipinski definition) is 3. The van der Waals surface area contributed by atoms with Crippen molar-refractivity contribution < 1.29 is 4.74 Å². The Bertz CT molecular complexity index is 195. The Balaban J connectivity index is 4.50. The van der Waals surface area contributed by atoms with Crippen LogP contribution < -0.4 is 5.73 Å². The van der Waals surface area contributed by atoms with Crippen molar-refractivity contribution in [1.82, 2.24) is 4.90 Å². The van der Waals surface area contributed by atoms with E-state index in [1.165, 1.54) is 0 Å². The summed E-state index contributed by atoms with van der Waals surface area (Å²) in [5.74, 6) is 0. The van der Waals surface area contributed by atoms with E-state index in [1.807, 2.05) is 0 Å². The predicted octanol–water partition coefficient (Wildman–Crippen LogP) is 2.11. The number of hydrogen-bond donors (Lipinski definition) is 1. The molecule has 0 bridgehead atoms. The number of nitrogens with zero attached hydrogens (tertiary/aromatic N) is 1. The van der Waals surface area contributed by atoms with Crippen LogP contribution in [0.5, 0.6) is 0 Å². The van der Waals surface area contributed by atoms with E-state index in [0.29, 0.717) is 6.04 Å².